The Morgan fingerprint density at radius 2 is 2.25 bits per heavy atom. The van der Waals surface area contributed by atoms with Crippen molar-refractivity contribution >= 4 is 29.0 Å². The van der Waals surface area contributed by atoms with Gasteiger partial charge in [0.25, 0.3) is 0 Å². The molecule has 1 aromatic rings. The number of nitrogens with zero attached hydrogens (tertiary/aromatic N) is 2. The van der Waals surface area contributed by atoms with E-state index in [1.807, 2.05) is 23.9 Å². The molecule has 3 nitrogen and oxygen atoms in total. The number of pyridine rings is 1. The second kappa shape index (κ2) is 5.61. The highest BCUT2D eigenvalue weighted by atomic mass is 32.2. The zero-order valence-corrected chi connectivity index (χ0v) is 10.7. The molecule has 0 amide bonds. The van der Waals surface area contributed by atoms with E-state index in [1.165, 1.54) is 17.1 Å². The zero-order chi connectivity index (χ0) is 11.4. The number of hydrogen-bond acceptors (Lipinski definition) is 4. The van der Waals surface area contributed by atoms with Gasteiger partial charge in [0.2, 0.25) is 0 Å². The van der Waals surface area contributed by atoms with Gasteiger partial charge in [-0.25, -0.2) is 0 Å². The van der Waals surface area contributed by atoms with Gasteiger partial charge in [-0.2, -0.15) is 11.8 Å². The van der Waals surface area contributed by atoms with Crippen LogP contribution in [0.1, 0.15) is 11.3 Å². The van der Waals surface area contributed by atoms with Crippen molar-refractivity contribution in [3.63, 3.8) is 0 Å². The molecule has 16 heavy (non-hydrogen) atoms. The van der Waals surface area contributed by atoms with E-state index in [0.717, 1.165) is 25.3 Å². The van der Waals surface area contributed by atoms with Crippen molar-refractivity contribution in [2.45, 2.75) is 6.54 Å². The van der Waals surface area contributed by atoms with Gasteiger partial charge in [-0.05, 0) is 17.7 Å². The second-order valence-corrected chi connectivity index (χ2v) is 5.47. The maximum absolute atomic E-state index is 5.57. The molecule has 1 saturated heterocycles. The van der Waals surface area contributed by atoms with Crippen LogP contribution >= 0.6 is 24.0 Å². The minimum Gasteiger partial charge on any atom is -0.388 e. The Hall–Kier alpha value is -0.650. The lowest BCUT2D eigenvalue weighted by atomic mass is 10.2. The Labute approximate surface area is 105 Å². The van der Waals surface area contributed by atoms with Gasteiger partial charge in [-0.3, -0.25) is 9.88 Å². The quantitative estimate of drug-likeness (QED) is 0.822. The lowest BCUT2D eigenvalue weighted by molar-refractivity contribution is 0.294. The molecule has 0 bridgehead atoms. The number of rotatable bonds is 3. The van der Waals surface area contributed by atoms with Crippen molar-refractivity contribution in [3.05, 3.63) is 29.6 Å². The third-order valence-electron chi connectivity index (χ3n) is 2.59. The number of thiocarbonyl (C=S) groups is 1. The third-order valence-corrected chi connectivity index (χ3v) is 3.74. The van der Waals surface area contributed by atoms with Crippen LogP contribution in [0, 0.1) is 0 Å². The minimum absolute atomic E-state index is 0.371. The molecule has 2 rings (SSSR count). The van der Waals surface area contributed by atoms with Gasteiger partial charge in [0.1, 0.15) is 4.99 Å². The topological polar surface area (TPSA) is 42.1 Å². The molecule has 0 aliphatic carbocycles. The molecule has 2 heterocycles. The molecule has 0 radical (unpaired) electrons. The van der Waals surface area contributed by atoms with E-state index in [4.69, 9.17) is 18.0 Å². The van der Waals surface area contributed by atoms with Gasteiger partial charge in [-0.15, -0.1) is 0 Å². The first-order valence-corrected chi connectivity index (χ1v) is 6.87. The summed E-state index contributed by atoms with van der Waals surface area (Å²) < 4.78 is 0. The smallest absolute Gasteiger partial charge is 0.122 e. The van der Waals surface area contributed by atoms with E-state index >= 15 is 0 Å². The Bertz CT molecular complexity index is 375. The average molecular weight is 253 g/mol. The van der Waals surface area contributed by atoms with Crippen molar-refractivity contribution in [2.24, 2.45) is 5.73 Å². The molecule has 0 spiro atoms. The Kier molecular flexibility index (Phi) is 4.15. The fraction of sp³-hybridized carbons (Fsp3) is 0.455. The molecular formula is C11H15N3S2. The standard InChI is InChI=1S/C11H15N3S2/c12-11(15)10-7-9(1-2-13-10)8-14-3-5-16-6-4-14/h1-2,7H,3-6,8H2,(H2,12,15). The molecule has 0 unspecified atom stereocenters. The SMILES string of the molecule is NC(=S)c1cc(CN2CCSCC2)ccn1. The van der Waals surface area contributed by atoms with Crippen LogP contribution in [0.3, 0.4) is 0 Å². The largest absolute Gasteiger partial charge is 0.388 e. The van der Waals surface area contributed by atoms with Gasteiger partial charge in [0.05, 0.1) is 5.69 Å². The van der Waals surface area contributed by atoms with Crippen molar-refractivity contribution in [3.8, 4) is 0 Å². The van der Waals surface area contributed by atoms with Crippen molar-refractivity contribution in [2.75, 3.05) is 24.6 Å². The lowest BCUT2D eigenvalue weighted by Crippen LogP contribution is -2.32. The fourth-order valence-electron chi connectivity index (χ4n) is 1.72. The summed E-state index contributed by atoms with van der Waals surface area (Å²) in [6.07, 6.45) is 1.78. The average Bonchev–Trinajstić information content (AvgIpc) is 2.30. The van der Waals surface area contributed by atoms with E-state index in [-0.39, 0.29) is 0 Å². The highest BCUT2D eigenvalue weighted by Gasteiger charge is 2.11. The maximum atomic E-state index is 5.57. The first kappa shape index (κ1) is 11.8. The molecule has 1 aliphatic rings. The minimum atomic E-state index is 0.371. The predicted molar refractivity (Wildman–Crippen MR) is 72.7 cm³/mol. The molecule has 1 aromatic heterocycles. The van der Waals surface area contributed by atoms with Gasteiger partial charge in [-0.1, -0.05) is 12.2 Å². The van der Waals surface area contributed by atoms with Crippen LogP contribution in [-0.2, 0) is 6.54 Å². The second-order valence-electron chi connectivity index (χ2n) is 3.80. The molecule has 5 heteroatoms. The first-order valence-electron chi connectivity index (χ1n) is 5.30. The monoisotopic (exact) mass is 253 g/mol. The number of thioether (sulfide) groups is 1. The van der Waals surface area contributed by atoms with Crippen LogP contribution in [0.5, 0.6) is 0 Å². The zero-order valence-electron chi connectivity index (χ0n) is 9.06. The highest BCUT2D eigenvalue weighted by Crippen LogP contribution is 2.13. The van der Waals surface area contributed by atoms with Crippen LogP contribution in [-0.4, -0.2) is 39.5 Å². The van der Waals surface area contributed by atoms with E-state index in [1.54, 1.807) is 6.20 Å². The predicted octanol–water partition coefficient (Wildman–Crippen LogP) is 1.26. The number of hydrogen-bond donors (Lipinski definition) is 1. The van der Waals surface area contributed by atoms with Crippen LogP contribution in [0.15, 0.2) is 18.3 Å². The van der Waals surface area contributed by atoms with E-state index < -0.39 is 0 Å². The first-order chi connectivity index (χ1) is 7.75. The summed E-state index contributed by atoms with van der Waals surface area (Å²) >= 11 is 6.95. The van der Waals surface area contributed by atoms with Gasteiger partial charge in [0, 0.05) is 37.3 Å². The third kappa shape index (κ3) is 3.17. The van der Waals surface area contributed by atoms with E-state index in [2.05, 4.69) is 9.88 Å². The van der Waals surface area contributed by atoms with Crippen molar-refractivity contribution in [1.82, 2.24) is 9.88 Å². The summed E-state index contributed by atoms with van der Waals surface area (Å²) in [4.78, 5) is 6.97. The Morgan fingerprint density at radius 1 is 1.50 bits per heavy atom. The van der Waals surface area contributed by atoms with Crippen molar-refractivity contribution in [1.29, 1.82) is 0 Å². The summed E-state index contributed by atoms with van der Waals surface area (Å²) in [6, 6.07) is 4.02. The van der Waals surface area contributed by atoms with Crippen molar-refractivity contribution < 1.29 is 0 Å². The van der Waals surface area contributed by atoms with Crippen LogP contribution in [0.4, 0.5) is 0 Å². The summed E-state index contributed by atoms with van der Waals surface area (Å²) in [5.74, 6) is 2.46. The molecule has 0 aromatic carbocycles. The van der Waals surface area contributed by atoms with E-state index in [0.29, 0.717) is 4.99 Å². The molecule has 2 N–H and O–H groups in total. The summed E-state index contributed by atoms with van der Waals surface area (Å²) in [5, 5.41) is 0. The Balaban J connectivity index is 2.02. The fourth-order valence-corrected chi connectivity index (χ4v) is 2.82. The highest BCUT2D eigenvalue weighted by molar-refractivity contribution is 7.99. The normalized spacial score (nSPS) is 17.2. The molecule has 86 valence electrons. The molecule has 0 atom stereocenters. The number of nitrogens with two attached hydrogens (primary N) is 1. The van der Waals surface area contributed by atoms with Crippen LogP contribution in [0.2, 0.25) is 0 Å². The molecular weight excluding hydrogens is 238 g/mol. The maximum Gasteiger partial charge on any atom is 0.122 e. The summed E-state index contributed by atoms with van der Waals surface area (Å²) in [5.41, 5.74) is 7.53. The number of aromatic nitrogens is 1. The van der Waals surface area contributed by atoms with Gasteiger partial charge < -0.3 is 5.73 Å². The van der Waals surface area contributed by atoms with Crippen LogP contribution < -0.4 is 5.73 Å². The van der Waals surface area contributed by atoms with Gasteiger partial charge >= 0.3 is 0 Å². The summed E-state index contributed by atoms with van der Waals surface area (Å²) in [6.45, 7) is 3.30. The van der Waals surface area contributed by atoms with E-state index in [9.17, 15) is 0 Å². The summed E-state index contributed by atoms with van der Waals surface area (Å²) in [7, 11) is 0. The molecule has 1 aliphatic heterocycles. The van der Waals surface area contributed by atoms with Crippen LogP contribution in [0.25, 0.3) is 0 Å². The Morgan fingerprint density at radius 3 is 2.94 bits per heavy atom. The lowest BCUT2D eigenvalue weighted by Gasteiger charge is -2.26. The van der Waals surface area contributed by atoms with Gasteiger partial charge in [0.15, 0.2) is 0 Å². The molecule has 0 saturated carbocycles. The molecule has 1 fully saturated rings.